The van der Waals surface area contributed by atoms with E-state index in [2.05, 4.69) is 4.98 Å². The van der Waals surface area contributed by atoms with Crippen molar-refractivity contribution < 1.29 is 33.5 Å². The van der Waals surface area contributed by atoms with Gasteiger partial charge in [-0.05, 0) is 53.7 Å². The number of hydrogen-bond acceptors (Lipinski definition) is 8. The number of amides is 4. The fourth-order valence-corrected chi connectivity index (χ4v) is 1.82. The van der Waals surface area contributed by atoms with Gasteiger partial charge in [-0.25, -0.2) is 19.4 Å². The Morgan fingerprint density at radius 1 is 0.897 bits per heavy atom. The molecular formula is C19H27N3O7. The highest BCUT2D eigenvalue weighted by atomic mass is 16.8. The van der Waals surface area contributed by atoms with E-state index in [4.69, 9.17) is 14.3 Å². The summed E-state index contributed by atoms with van der Waals surface area (Å²) in [6.45, 7) is 11.0. The smallest absolute Gasteiger partial charge is 0.443 e. The molecule has 0 aromatic carbocycles. The Hall–Kier alpha value is -3.17. The number of rotatable bonds is 2. The standard InChI is InChI=1S/C19H27N3O7/c1-8-14(23)21(15(24)27-18(2,3)4)16(25)29-22(13-11-9-10-12-20-13)17(26)28-19(5,6)7/h9-12H,8H2,1-7H3. The molecule has 0 saturated heterocycles. The van der Waals surface area contributed by atoms with E-state index in [9.17, 15) is 19.2 Å². The van der Waals surface area contributed by atoms with Gasteiger partial charge in [-0.3, -0.25) is 4.79 Å². The molecule has 0 N–H and O–H groups in total. The summed E-state index contributed by atoms with van der Waals surface area (Å²) in [5.41, 5.74) is -1.86. The van der Waals surface area contributed by atoms with Crippen molar-refractivity contribution in [1.29, 1.82) is 0 Å². The van der Waals surface area contributed by atoms with Crippen LogP contribution >= 0.6 is 0 Å². The second kappa shape index (κ2) is 9.35. The molecule has 160 valence electrons. The van der Waals surface area contributed by atoms with E-state index in [1.54, 1.807) is 53.7 Å². The van der Waals surface area contributed by atoms with Crippen molar-refractivity contribution in [2.75, 3.05) is 5.06 Å². The van der Waals surface area contributed by atoms with Crippen molar-refractivity contribution in [3.8, 4) is 0 Å². The maximum absolute atomic E-state index is 12.6. The molecule has 1 rings (SSSR count). The Bertz CT molecular complexity index is 751. The SMILES string of the molecule is CCC(=O)N(C(=O)ON(C(=O)OC(C)(C)C)c1ccccn1)C(=O)OC(C)(C)C. The quantitative estimate of drug-likeness (QED) is 0.672. The van der Waals surface area contributed by atoms with Gasteiger partial charge in [0.2, 0.25) is 5.91 Å². The first kappa shape index (κ1) is 23.9. The van der Waals surface area contributed by atoms with Crippen molar-refractivity contribution in [2.45, 2.75) is 66.1 Å². The number of aromatic nitrogens is 1. The van der Waals surface area contributed by atoms with Gasteiger partial charge in [-0.15, -0.1) is 4.90 Å². The van der Waals surface area contributed by atoms with Crippen molar-refractivity contribution in [1.82, 2.24) is 9.88 Å². The van der Waals surface area contributed by atoms with Crippen molar-refractivity contribution >= 4 is 30.0 Å². The largest absolute Gasteiger partial charge is 0.451 e. The van der Waals surface area contributed by atoms with Gasteiger partial charge < -0.3 is 14.3 Å². The number of pyridine rings is 1. The van der Waals surface area contributed by atoms with Gasteiger partial charge in [-0.1, -0.05) is 18.1 Å². The Labute approximate surface area is 169 Å². The Kier molecular flexibility index (Phi) is 7.70. The minimum absolute atomic E-state index is 0.0804. The van der Waals surface area contributed by atoms with Gasteiger partial charge in [0.25, 0.3) is 0 Å². The average Bonchev–Trinajstić information content (AvgIpc) is 2.57. The molecule has 10 nitrogen and oxygen atoms in total. The minimum Gasteiger partial charge on any atom is -0.443 e. The Morgan fingerprint density at radius 2 is 1.45 bits per heavy atom. The summed E-state index contributed by atoms with van der Waals surface area (Å²) in [6, 6.07) is 4.53. The lowest BCUT2D eigenvalue weighted by molar-refractivity contribution is -0.128. The van der Waals surface area contributed by atoms with Gasteiger partial charge >= 0.3 is 18.3 Å². The van der Waals surface area contributed by atoms with Crippen LogP contribution in [0.4, 0.5) is 20.2 Å². The number of ether oxygens (including phenoxy) is 2. The van der Waals surface area contributed by atoms with E-state index in [1.165, 1.54) is 19.2 Å². The van der Waals surface area contributed by atoms with Crippen LogP contribution in [-0.2, 0) is 19.1 Å². The van der Waals surface area contributed by atoms with Gasteiger partial charge in [0.15, 0.2) is 5.82 Å². The van der Waals surface area contributed by atoms with E-state index in [-0.39, 0.29) is 17.1 Å². The third kappa shape index (κ3) is 7.76. The van der Waals surface area contributed by atoms with Crippen molar-refractivity contribution in [2.24, 2.45) is 0 Å². The third-order valence-corrected chi connectivity index (χ3v) is 2.90. The molecule has 0 aliphatic rings. The summed E-state index contributed by atoms with van der Waals surface area (Å²) in [7, 11) is 0. The Morgan fingerprint density at radius 3 is 1.90 bits per heavy atom. The highest BCUT2D eigenvalue weighted by molar-refractivity contribution is 6.07. The average molecular weight is 409 g/mol. The molecule has 0 unspecified atom stereocenters. The molecule has 29 heavy (non-hydrogen) atoms. The normalized spacial score (nSPS) is 11.3. The molecule has 4 amide bonds. The molecule has 0 aliphatic carbocycles. The van der Waals surface area contributed by atoms with Gasteiger partial charge in [-0.2, -0.15) is 0 Å². The first-order chi connectivity index (χ1) is 13.2. The van der Waals surface area contributed by atoms with Crippen LogP contribution < -0.4 is 5.06 Å². The lowest BCUT2D eigenvalue weighted by Gasteiger charge is -2.28. The second-order valence-electron chi connectivity index (χ2n) is 7.88. The number of hydrogen-bond donors (Lipinski definition) is 0. The summed E-state index contributed by atoms with van der Waals surface area (Å²) in [6.07, 6.45) is -2.52. The van der Waals surface area contributed by atoms with Crippen molar-refractivity contribution in [3.63, 3.8) is 0 Å². The maximum Gasteiger partial charge on any atom is 0.451 e. The van der Waals surface area contributed by atoms with E-state index in [0.717, 1.165) is 0 Å². The number of imide groups is 3. The highest BCUT2D eigenvalue weighted by Gasteiger charge is 2.37. The fourth-order valence-electron chi connectivity index (χ4n) is 1.82. The minimum atomic E-state index is -1.43. The lowest BCUT2D eigenvalue weighted by atomic mass is 10.2. The molecule has 0 aliphatic heterocycles. The van der Waals surface area contributed by atoms with Crippen LogP contribution in [0, 0.1) is 0 Å². The van der Waals surface area contributed by atoms with Crippen LogP contribution in [0.2, 0.25) is 0 Å². The summed E-state index contributed by atoms with van der Waals surface area (Å²) < 4.78 is 10.3. The third-order valence-electron chi connectivity index (χ3n) is 2.90. The molecule has 0 radical (unpaired) electrons. The topological polar surface area (TPSA) is 115 Å². The Balaban J connectivity index is 3.20. The first-order valence-corrected chi connectivity index (χ1v) is 8.97. The zero-order valence-electron chi connectivity index (χ0n) is 17.7. The number of anilines is 1. The molecule has 0 bridgehead atoms. The molecule has 0 spiro atoms. The van der Waals surface area contributed by atoms with Crippen LogP contribution in [0.1, 0.15) is 54.9 Å². The number of nitrogens with zero attached hydrogens (tertiary/aromatic N) is 3. The van der Waals surface area contributed by atoms with Crippen LogP contribution in [0.3, 0.4) is 0 Å². The number of hydroxylamine groups is 1. The monoisotopic (exact) mass is 409 g/mol. The maximum atomic E-state index is 12.6. The van der Waals surface area contributed by atoms with Gasteiger partial charge in [0, 0.05) is 12.6 Å². The molecule has 0 fully saturated rings. The van der Waals surface area contributed by atoms with E-state index >= 15 is 0 Å². The van der Waals surface area contributed by atoms with Crippen LogP contribution in [0.5, 0.6) is 0 Å². The molecular weight excluding hydrogens is 382 g/mol. The molecule has 10 heteroatoms. The summed E-state index contributed by atoms with van der Waals surface area (Å²) in [5, 5.41) is 0.466. The molecule has 1 aromatic heterocycles. The summed E-state index contributed by atoms with van der Waals surface area (Å²) in [4.78, 5) is 58.8. The lowest BCUT2D eigenvalue weighted by Crippen LogP contribution is -2.48. The summed E-state index contributed by atoms with van der Waals surface area (Å²) >= 11 is 0. The predicted octanol–water partition coefficient (Wildman–Crippen LogP) is 4.05. The van der Waals surface area contributed by atoms with Crippen molar-refractivity contribution in [3.05, 3.63) is 24.4 Å². The van der Waals surface area contributed by atoms with Crippen LogP contribution in [0.15, 0.2) is 24.4 Å². The number of carbonyl (C=O) groups excluding carboxylic acids is 4. The molecule has 1 aromatic rings. The number of carbonyl (C=O) groups is 4. The predicted molar refractivity (Wildman–Crippen MR) is 103 cm³/mol. The van der Waals surface area contributed by atoms with Gasteiger partial charge in [0.1, 0.15) is 11.2 Å². The van der Waals surface area contributed by atoms with Crippen LogP contribution in [-0.4, -0.2) is 45.3 Å². The molecule has 1 heterocycles. The molecule has 0 saturated carbocycles. The first-order valence-electron chi connectivity index (χ1n) is 8.97. The van der Waals surface area contributed by atoms with E-state index in [1.807, 2.05) is 0 Å². The molecule has 0 atom stereocenters. The van der Waals surface area contributed by atoms with E-state index < -0.39 is 35.4 Å². The van der Waals surface area contributed by atoms with Gasteiger partial charge in [0.05, 0.1) is 0 Å². The summed E-state index contributed by atoms with van der Waals surface area (Å²) in [5.74, 6) is -0.947. The zero-order chi connectivity index (χ0) is 22.4. The zero-order valence-corrected chi connectivity index (χ0v) is 17.7. The van der Waals surface area contributed by atoms with E-state index in [0.29, 0.717) is 5.06 Å². The fraction of sp³-hybridized carbons (Fsp3) is 0.526. The van der Waals surface area contributed by atoms with Crippen LogP contribution in [0.25, 0.3) is 0 Å². The highest BCUT2D eigenvalue weighted by Crippen LogP contribution is 2.18. The second-order valence-corrected chi connectivity index (χ2v) is 7.88.